The molecular formula is C11H25N3. The largest absolute Gasteiger partial charge is 0.329 e. The van der Waals surface area contributed by atoms with Crippen LogP contribution in [-0.4, -0.2) is 43.7 Å². The van der Waals surface area contributed by atoms with E-state index < -0.39 is 0 Å². The summed E-state index contributed by atoms with van der Waals surface area (Å²) >= 11 is 0. The maximum absolute atomic E-state index is 5.75. The van der Waals surface area contributed by atoms with Gasteiger partial charge in [0.05, 0.1) is 0 Å². The molecule has 0 aromatic rings. The first kappa shape index (κ1) is 12.0. The van der Waals surface area contributed by atoms with Crippen LogP contribution in [0.2, 0.25) is 0 Å². The molecule has 3 N–H and O–H groups in total. The highest BCUT2D eigenvalue weighted by atomic mass is 15.1. The van der Waals surface area contributed by atoms with Crippen molar-refractivity contribution in [2.75, 3.05) is 26.7 Å². The van der Waals surface area contributed by atoms with Crippen molar-refractivity contribution in [3.63, 3.8) is 0 Å². The standard InChI is InChI=1S/C11H25N3/c1-9(2)11(7-12)13-10-5-4-6-14(3)8-10/h9-11,13H,4-8,12H2,1-3H3. The second-order valence-corrected chi connectivity index (χ2v) is 4.85. The number of likely N-dealkylation sites (tertiary alicyclic amines) is 1. The molecule has 0 aliphatic carbocycles. The van der Waals surface area contributed by atoms with E-state index >= 15 is 0 Å². The molecule has 0 saturated carbocycles. The molecule has 2 unspecified atom stereocenters. The van der Waals surface area contributed by atoms with Crippen LogP contribution in [0.4, 0.5) is 0 Å². The second kappa shape index (κ2) is 5.69. The van der Waals surface area contributed by atoms with Gasteiger partial charge in [-0.1, -0.05) is 13.8 Å². The normalized spacial score (nSPS) is 26.8. The lowest BCUT2D eigenvalue weighted by Crippen LogP contribution is -2.51. The van der Waals surface area contributed by atoms with E-state index in [4.69, 9.17) is 5.73 Å². The second-order valence-electron chi connectivity index (χ2n) is 4.85. The molecule has 0 aromatic heterocycles. The molecule has 3 nitrogen and oxygen atoms in total. The molecule has 1 rings (SSSR count). The summed E-state index contributed by atoms with van der Waals surface area (Å²) in [5.74, 6) is 0.632. The Balaban J connectivity index is 2.33. The number of nitrogens with two attached hydrogens (primary N) is 1. The first-order valence-electron chi connectivity index (χ1n) is 5.78. The SMILES string of the molecule is CC(C)C(CN)NC1CCCN(C)C1. The topological polar surface area (TPSA) is 41.3 Å². The fraction of sp³-hybridized carbons (Fsp3) is 1.00. The van der Waals surface area contributed by atoms with Crippen molar-refractivity contribution in [3.05, 3.63) is 0 Å². The van der Waals surface area contributed by atoms with Crippen molar-refractivity contribution in [3.8, 4) is 0 Å². The molecule has 0 bridgehead atoms. The molecule has 0 radical (unpaired) electrons. The molecule has 0 amide bonds. The maximum Gasteiger partial charge on any atom is 0.0216 e. The summed E-state index contributed by atoms with van der Waals surface area (Å²) in [5.41, 5.74) is 5.75. The minimum Gasteiger partial charge on any atom is -0.329 e. The Hall–Kier alpha value is -0.120. The lowest BCUT2D eigenvalue weighted by molar-refractivity contribution is 0.206. The molecule has 1 saturated heterocycles. The average Bonchev–Trinajstić information content (AvgIpc) is 2.14. The summed E-state index contributed by atoms with van der Waals surface area (Å²) < 4.78 is 0. The zero-order chi connectivity index (χ0) is 10.6. The number of nitrogens with one attached hydrogen (secondary N) is 1. The van der Waals surface area contributed by atoms with E-state index in [0.29, 0.717) is 18.0 Å². The van der Waals surface area contributed by atoms with E-state index in [1.807, 2.05) is 0 Å². The van der Waals surface area contributed by atoms with Gasteiger partial charge in [-0.05, 0) is 32.4 Å². The quantitative estimate of drug-likeness (QED) is 0.698. The minimum atomic E-state index is 0.478. The van der Waals surface area contributed by atoms with Gasteiger partial charge in [0.1, 0.15) is 0 Å². The van der Waals surface area contributed by atoms with Crippen LogP contribution in [0.15, 0.2) is 0 Å². The van der Waals surface area contributed by atoms with Crippen LogP contribution in [-0.2, 0) is 0 Å². The Morgan fingerprint density at radius 3 is 2.71 bits per heavy atom. The van der Waals surface area contributed by atoms with Gasteiger partial charge >= 0.3 is 0 Å². The smallest absolute Gasteiger partial charge is 0.0216 e. The maximum atomic E-state index is 5.75. The molecule has 14 heavy (non-hydrogen) atoms. The predicted octanol–water partition coefficient (Wildman–Crippen LogP) is 0.654. The van der Waals surface area contributed by atoms with E-state index in [2.05, 4.69) is 31.1 Å². The Morgan fingerprint density at radius 1 is 1.50 bits per heavy atom. The highest BCUT2D eigenvalue weighted by Gasteiger charge is 2.20. The third-order valence-corrected chi connectivity index (χ3v) is 3.13. The molecule has 0 aromatic carbocycles. The predicted molar refractivity (Wildman–Crippen MR) is 61.3 cm³/mol. The molecule has 1 fully saturated rings. The van der Waals surface area contributed by atoms with Crippen molar-refractivity contribution >= 4 is 0 Å². The Kier molecular flexibility index (Phi) is 4.85. The molecule has 0 spiro atoms. The van der Waals surface area contributed by atoms with E-state index in [1.165, 1.54) is 25.9 Å². The lowest BCUT2D eigenvalue weighted by Gasteiger charge is -2.34. The summed E-state index contributed by atoms with van der Waals surface area (Å²) in [5, 5.41) is 3.67. The van der Waals surface area contributed by atoms with Crippen LogP contribution in [0.1, 0.15) is 26.7 Å². The number of hydrogen-bond acceptors (Lipinski definition) is 3. The van der Waals surface area contributed by atoms with E-state index in [9.17, 15) is 0 Å². The molecule has 1 aliphatic heterocycles. The highest BCUT2D eigenvalue weighted by molar-refractivity contribution is 4.82. The molecule has 1 aliphatic rings. The van der Waals surface area contributed by atoms with Crippen LogP contribution >= 0.6 is 0 Å². The molecule has 3 heteroatoms. The van der Waals surface area contributed by atoms with Gasteiger partial charge in [-0.25, -0.2) is 0 Å². The molecule has 2 atom stereocenters. The zero-order valence-electron chi connectivity index (χ0n) is 9.79. The van der Waals surface area contributed by atoms with Crippen LogP contribution < -0.4 is 11.1 Å². The number of likely N-dealkylation sites (N-methyl/N-ethyl adjacent to an activating group) is 1. The van der Waals surface area contributed by atoms with Crippen molar-refractivity contribution in [1.29, 1.82) is 0 Å². The van der Waals surface area contributed by atoms with Gasteiger partial charge in [0.2, 0.25) is 0 Å². The van der Waals surface area contributed by atoms with E-state index in [-0.39, 0.29) is 0 Å². The van der Waals surface area contributed by atoms with E-state index in [1.54, 1.807) is 0 Å². The van der Waals surface area contributed by atoms with Gasteiger partial charge in [-0.2, -0.15) is 0 Å². The van der Waals surface area contributed by atoms with Crippen molar-refractivity contribution < 1.29 is 0 Å². The summed E-state index contributed by atoms with van der Waals surface area (Å²) in [6.07, 6.45) is 2.61. The fourth-order valence-corrected chi connectivity index (χ4v) is 2.14. The van der Waals surface area contributed by atoms with Gasteiger partial charge in [-0.15, -0.1) is 0 Å². The van der Waals surface area contributed by atoms with Gasteiger partial charge in [-0.3, -0.25) is 0 Å². The number of nitrogens with zero attached hydrogens (tertiary/aromatic N) is 1. The summed E-state index contributed by atoms with van der Waals surface area (Å²) in [6, 6.07) is 1.12. The summed E-state index contributed by atoms with van der Waals surface area (Å²) in [4.78, 5) is 2.40. The summed E-state index contributed by atoms with van der Waals surface area (Å²) in [7, 11) is 2.20. The Morgan fingerprint density at radius 2 is 2.21 bits per heavy atom. The third-order valence-electron chi connectivity index (χ3n) is 3.13. The Labute approximate surface area is 88.0 Å². The number of rotatable bonds is 4. The lowest BCUT2D eigenvalue weighted by atomic mass is 10.00. The third kappa shape index (κ3) is 3.56. The van der Waals surface area contributed by atoms with Crippen LogP contribution in [0.5, 0.6) is 0 Å². The first-order valence-corrected chi connectivity index (χ1v) is 5.78. The fourth-order valence-electron chi connectivity index (χ4n) is 2.14. The molecule has 1 heterocycles. The van der Waals surface area contributed by atoms with Crippen LogP contribution in [0.3, 0.4) is 0 Å². The Bertz CT molecular complexity index is 159. The molecular weight excluding hydrogens is 174 g/mol. The van der Waals surface area contributed by atoms with Gasteiger partial charge in [0.15, 0.2) is 0 Å². The minimum absolute atomic E-state index is 0.478. The van der Waals surface area contributed by atoms with Crippen molar-refractivity contribution in [2.45, 2.75) is 38.8 Å². The van der Waals surface area contributed by atoms with Gasteiger partial charge in [0.25, 0.3) is 0 Å². The number of hydrogen-bond donors (Lipinski definition) is 2. The first-order chi connectivity index (χ1) is 6.63. The van der Waals surface area contributed by atoms with Gasteiger partial charge in [0, 0.05) is 25.2 Å². The number of piperidine rings is 1. The monoisotopic (exact) mass is 199 g/mol. The van der Waals surface area contributed by atoms with Crippen LogP contribution in [0, 0.1) is 5.92 Å². The van der Waals surface area contributed by atoms with Crippen LogP contribution in [0.25, 0.3) is 0 Å². The molecule has 84 valence electrons. The van der Waals surface area contributed by atoms with E-state index in [0.717, 1.165) is 6.54 Å². The van der Waals surface area contributed by atoms with Crippen molar-refractivity contribution in [2.24, 2.45) is 11.7 Å². The average molecular weight is 199 g/mol. The highest BCUT2D eigenvalue weighted by Crippen LogP contribution is 2.10. The van der Waals surface area contributed by atoms with Gasteiger partial charge < -0.3 is 16.0 Å². The van der Waals surface area contributed by atoms with Crippen molar-refractivity contribution in [1.82, 2.24) is 10.2 Å². The summed E-state index contributed by atoms with van der Waals surface area (Å²) in [6.45, 7) is 7.63. The zero-order valence-corrected chi connectivity index (χ0v) is 9.79.